The van der Waals surface area contributed by atoms with Gasteiger partial charge < -0.3 is 10.1 Å². The molecule has 2 fully saturated rings. The highest BCUT2D eigenvalue weighted by atomic mass is 79.9. The molecule has 19 heavy (non-hydrogen) atoms. The molecule has 1 N–H and O–H groups in total. The zero-order valence-corrected chi connectivity index (χ0v) is 13.1. The second kappa shape index (κ2) is 5.45. The molecule has 0 bridgehead atoms. The first-order valence-corrected chi connectivity index (χ1v) is 8.13. The molecular weight excluding hydrogens is 302 g/mol. The van der Waals surface area contributed by atoms with E-state index in [1.807, 2.05) is 0 Å². The zero-order chi connectivity index (χ0) is 13.3. The van der Waals surface area contributed by atoms with Gasteiger partial charge in [-0.25, -0.2) is 0 Å². The molecule has 2 aliphatic rings. The van der Waals surface area contributed by atoms with Gasteiger partial charge in [0.1, 0.15) is 11.9 Å². The van der Waals surface area contributed by atoms with E-state index in [-0.39, 0.29) is 0 Å². The van der Waals surface area contributed by atoms with E-state index in [0.29, 0.717) is 17.6 Å². The predicted molar refractivity (Wildman–Crippen MR) is 81.5 cm³/mol. The highest BCUT2D eigenvalue weighted by Crippen LogP contribution is 2.53. The Kier molecular flexibility index (Phi) is 3.86. The van der Waals surface area contributed by atoms with E-state index in [1.165, 1.54) is 32.1 Å². The Hall–Kier alpha value is -0.540. The van der Waals surface area contributed by atoms with Crippen molar-refractivity contribution in [2.24, 2.45) is 5.41 Å². The molecule has 2 saturated carbocycles. The van der Waals surface area contributed by atoms with Crippen molar-refractivity contribution in [1.29, 1.82) is 0 Å². The van der Waals surface area contributed by atoms with Crippen LogP contribution < -0.4 is 10.1 Å². The van der Waals surface area contributed by atoms with Gasteiger partial charge in [-0.15, -0.1) is 0 Å². The van der Waals surface area contributed by atoms with Crippen LogP contribution in [-0.4, -0.2) is 19.2 Å². The molecule has 3 rings (SSSR count). The molecule has 104 valence electrons. The highest BCUT2D eigenvalue weighted by Gasteiger charge is 2.55. The lowest BCUT2D eigenvalue weighted by molar-refractivity contribution is -0.100. The Bertz CT molecular complexity index is 425. The molecule has 2 aliphatic carbocycles. The van der Waals surface area contributed by atoms with Crippen molar-refractivity contribution in [2.75, 3.05) is 7.05 Å². The van der Waals surface area contributed by atoms with Crippen LogP contribution >= 0.6 is 15.9 Å². The smallest absolute Gasteiger partial charge is 0.119 e. The topological polar surface area (TPSA) is 21.3 Å². The van der Waals surface area contributed by atoms with E-state index in [1.54, 1.807) is 0 Å². The number of halogens is 1. The minimum absolute atomic E-state index is 0.389. The Morgan fingerprint density at radius 1 is 1.16 bits per heavy atom. The molecule has 2 unspecified atom stereocenters. The first kappa shape index (κ1) is 13.4. The predicted octanol–water partition coefficient (Wildman–Crippen LogP) is 4.14. The van der Waals surface area contributed by atoms with Crippen LogP contribution in [-0.2, 0) is 0 Å². The van der Waals surface area contributed by atoms with Crippen molar-refractivity contribution < 1.29 is 4.74 Å². The number of benzene rings is 1. The van der Waals surface area contributed by atoms with Gasteiger partial charge in [-0.05, 0) is 44.2 Å². The SMILES string of the molecule is CNC1CC(Oc2ccc(Br)cc2)C12CCCCC2. The summed E-state index contributed by atoms with van der Waals surface area (Å²) in [5.74, 6) is 1.01. The molecule has 0 heterocycles. The summed E-state index contributed by atoms with van der Waals surface area (Å²) < 4.78 is 7.38. The third-order valence-electron chi connectivity index (χ3n) is 5.01. The van der Waals surface area contributed by atoms with E-state index in [4.69, 9.17) is 4.74 Å². The molecule has 2 atom stereocenters. The first-order valence-electron chi connectivity index (χ1n) is 7.34. The van der Waals surface area contributed by atoms with Crippen LogP contribution in [0.15, 0.2) is 28.7 Å². The van der Waals surface area contributed by atoms with Gasteiger partial charge in [-0.2, -0.15) is 0 Å². The average molecular weight is 324 g/mol. The minimum Gasteiger partial charge on any atom is -0.490 e. The van der Waals surface area contributed by atoms with E-state index >= 15 is 0 Å². The number of rotatable bonds is 3. The van der Waals surface area contributed by atoms with Gasteiger partial charge in [0.2, 0.25) is 0 Å². The summed E-state index contributed by atoms with van der Waals surface area (Å²) in [4.78, 5) is 0. The molecule has 0 saturated heterocycles. The first-order chi connectivity index (χ1) is 9.24. The van der Waals surface area contributed by atoms with E-state index in [9.17, 15) is 0 Å². The van der Waals surface area contributed by atoms with Gasteiger partial charge in [0, 0.05) is 22.4 Å². The normalized spacial score (nSPS) is 28.9. The maximum Gasteiger partial charge on any atom is 0.119 e. The van der Waals surface area contributed by atoms with Gasteiger partial charge in [0.05, 0.1) is 0 Å². The molecule has 3 heteroatoms. The van der Waals surface area contributed by atoms with E-state index < -0.39 is 0 Å². The van der Waals surface area contributed by atoms with Crippen molar-refractivity contribution in [1.82, 2.24) is 5.32 Å². The Morgan fingerprint density at radius 2 is 1.84 bits per heavy atom. The average Bonchev–Trinajstić information content (AvgIpc) is 2.46. The molecule has 0 aromatic heterocycles. The molecule has 0 amide bonds. The molecule has 1 spiro atoms. The van der Waals surface area contributed by atoms with Gasteiger partial charge in [-0.1, -0.05) is 35.2 Å². The molecule has 2 nitrogen and oxygen atoms in total. The van der Waals surface area contributed by atoms with Crippen LogP contribution in [0, 0.1) is 5.41 Å². The second-order valence-electron chi connectivity index (χ2n) is 5.93. The van der Waals surface area contributed by atoms with Crippen LogP contribution in [0.1, 0.15) is 38.5 Å². The van der Waals surface area contributed by atoms with Gasteiger partial charge in [0.25, 0.3) is 0 Å². The molecule has 1 aromatic rings. The second-order valence-corrected chi connectivity index (χ2v) is 6.85. The summed E-state index contributed by atoms with van der Waals surface area (Å²) in [6.45, 7) is 0. The fraction of sp³-hybridized carbons (Fsp3) is 0.625. The summed E-state index contributed by atoms with van der Waals surface area (Å²) in [5.41, 5.74) is 0.389. The fourth-order valence-corrected chi connectivity index (χ4v) is 4.14. The Balaban J connectivity index is 1.72. The van der Waals surface area contributed by atoms with Crippen molar-refractivity contribution in [2.45, 2.75) is 50.7 Å². The highest BCUT2D eigenvalue weighted by molar-refractivity contribution is 9.10. The Morgan fingerprint density at radius 3 is 2.47 bits per heavy atom. The van der Waals surface area contributed by atoms with Crippen molar-refractivity contribution in [3.63, 3.8) is 0 Å². The van der Waals surface area contributed by atoms with Crippen molar-refractivity contribution in [3.8, 4) is 5.75 Å². The van der Waals surface area contributed by atoms with Crippen LogP contribution in [0.5, 0.6) is 5.75 Å². The number of nitrogens with one attached hydrogen (secondary N) is 1. The van der Waals surface area contributed by atoms with Gasteiger partial charge in [0.15, 0.2) is 0 Å². The van der Waals surface area contributed by atoms with Crippen molar-refractivity contribution >= 4 is 15.9 Å². The Labute approximate surface area is 124 Å². The zero-order valence-electron chi connectivity index (χ0n) is 11.5. The molecule has 0 aliphatic heterocycles. The molecule has 0 radical (unpaired) electrons. The standard InChI is InChI=1S/C16H22BrNO/c1-18-14-11-15(16(14)9-3-2-4-10-16)19-13-7-5-12(17)6-8-13/h5-8,14-15,18H,2-4,9-11H2,1H3. The van der Waals surface area contributed by atoms with Gasteiger partial charge in [-0.3, -0.25) is 0 Å². The molecular formula is C16H22BrNO. The lowest BCUT2D eigenvalue weighted by Crippen LogP contribution is -2.64. The third kappa shape index (κ3) is 2.43. The quantitative estimate of drug-likeness (QED) is 0.902. The van der Waals surface area contributed by atoms with Crippen LogP contribution in [0.25, 0.3) is 0 Å². The lowest BCUT2D eigenvalue weighted by atomic mass is 9.55. The summed E-state index contributed by atoms with van der Waals surface area (Å²) >= 11 is 3.47. The largest absolute Gasteiger partial charge is 0.490 e. The summed E-state index contributed by atoms with van der Waals surface area (Å²) in [5, 5.41) is 3.50. The lowest BCUT2D eigenvalue weighted by Gasteiger charge is -2.57. The summed E-state index contributed by atoms with van der Waals surface area (Å²) in [6.07, 6.45) is 8.29. The van der Waals surface area contributed by atoms with Crippen LogP contribution in [0.3, 0.4) is 0 Å². The number of hydrogen-bond acceptors (Lipinski definition) is 2. The number of ether oxygens (including phenoxy) is 1. The maximum absolute atomic E-state index is 6.27. The number of hydrogen-bond donors (Lipinski definition) is 1. The minimum atomic E-state index is 0.389. The summed E-state index contributed by atoms with van der Waals surface area (Å²) in [6, 6.07) is 8.88. The maximum atomic E-state index is 6.27. The van der Waals surface area contributed by atoms with Crippen molar-refractivity contribution in [3.05, 3.63) is 28.7 Å². The van der Waals surface area contributed by atoms with E-state index in [0.717, 1.165) is 16.6 Å². The monoisotopic (exact) mass is 323 g/mol. The van der Waals surface area contributed by atoms with Gasteiger partial charge >= 0.3 is 0 Å². The van der Waals surface area contributed by atoms with Crippen LogP contribution in [0.2, 0.25) is 0 Å². The molecule has 1 aromatic carbocycles. The summed E-state index contributed by atoms with van der Waals surface area (Å²) in [7, 11) is 2.09. The third-order valence-corrected chi connectivity index (χ3v) is 5.54. The fourth-order valence-electron chi connectivity index (χ4n) is 3.88. The van der Waals surface area contributed by atoms with Crippen LogP contribution in [0.4, 0.5) is 0 Å². The van der Waals surface area contributed by atoms with E-state index in [2.05, 4.69) is 52.6 Å².